The van der Waals surface area contributed by atoms with Crippen LogP contribution in [0.2, 0.25) is 0 Å². The van der Waals surface area contributed by atoms with Gasteiger partial charge in [0.2, 0.25) is 6.29 Å². The number of hydrogen-bond donors (Lipinski definition) is 2. The number of ether oxygens (including phenoxy) is 1. The zero-order valence-electron chi connectivity index (χ0n) is 22.1. The highest BCUT2D eigenvalue weighted by Gasteiger charge is 2.25. The number of halogens is 3. The Morgan fingerprint density at radius 3 is 2.25 bits per heavy atom. The lowest BCUT2D eigenvalue weighted by Crippen LogP contribution is -2.15. The van der Waals surface area contributed by atoms with Gasteiger partial charge in [-0.15, -0.1) is 0 Å². The Hall–Kier alpha value is -4.37. The number of nitrogens with zero attached hydrogens (tertiary/aromatic N) is 1. The van der Waals surface area contributed by atoms with Crippen molar-refractivity contribution < 1.29 is 37.7 Å². The van der Waals surface area contributed by atoms with Crippen LogP contribution in [0, 0.1) is 0 Å². The molecule has 9 heteroatoms. The van der Waals surface area contributed by atoms with Crippen LogP contribution in [-0.2, 0) is 22.4 Å². The van der Waals surface area contributed by atoms with Gasteiger partial charge in [-0.05, 0) is 53.1 Å². The van der Waals surface area contributed by atoms with Crippen molar-refractivity contribution in [3.63, 3.8) is 0 Å². The van der Waals surface area contributed by atoms with Crippen LogP contribution in [-0.4, -0.2) is 48.4 Å². The van der Waals surface area contributed by atoms with E-state index >= 15 is 0 Å². The van der Waals surface area contributed by atoms with Crippen LogP contribution >= 0.6 is 0 Å². The third-order valence-electron chi connectivity index (χ3n) is 6.05. The molecule has 0 spiro atoms. The summed E-state index contributed by atoms with van der Waals surface area (Å²) < 4.78 is 36.9. The molecule has 40 heavy (non-hydrogen) atoms. The molecule has 6 nitrogen and oxygen atoms in total. The Kier molecular flexibility index (Phi) is 10.3. The minimum Gasteiger partial charge on any atom is -0.482 e. The smallest absolute Gasteiger partial charge is 0.446 e. The molecule has 0 heterocycles. The molecule has 0 aliphatic carbocycles. The summed E-state index contributed by atoms with van der Waals surface area (Å²) in [5.41, 5.74) is 5.08. The number of carboxylic acids is 1. The molecule has 0 saturated heterocycles. The van der Waals surface area contributed by atoms with Crippen molar-refractivity contribution in [1.29, 1.82) is 0 Å². The Morgan fingerprint density at radius 2 is 1.57 bits per heavy atom. The van der Waals surface area contributed by atoms with E-state index < -0.39 is 31.1 Å². The fourth-order valence-corrected chi connectivity index (χ4v) is 4.31. The number of rotatable bonds is 9. The number of hydrogen-bond acceptors (Lipinski definition) is 5. The minimum atomic E-state index is -4.64. The highest BCUT2D eigenvalue weighted by Crippen LogP contribution is 2.33. The van der Waals surface area contributed by atoms with E-state index in [1.54, 1.807) is 6.92 Å². The second-order valence-electron chi connectivity index (χ2n) is 9.19. The topological polar surface area (TPSA) is 87.1 Å². The summed E-state index contributed by atoms with van der Waals surface area (Å²) in [6.07, 6.45) is -4.98. The molecule has 4 rings (SSSR count). The van der Waals surface area contributed by atoms with E-state index in [-0.39, 0.29) is 0 Å². The number of aldehydes is 1. The first-order chi connectivity index (χ1) is 19.0. The molecule has 0 saturated carbocycles. The van der Waals surface area contributed by atoms with Gasteiger partial charge in [-0.1, -0.05) is 60.7 Å². The maximum absolute atomic E-state index is 11.1. The molecule has 4 aromatic rings. The molecule has 4 aromatic carbocycles. The van der Waals surface area contributed by atoms with Crippen LogP contribution in [0.25, 0.3) is 10.8 Å². The van der Waals surface area contributed by atoms with Crippen molar-refractivity contribution in [3.05, 3.63) is 102 Å². The third-order valence-corrected chi connectivity index (χ3v) is 6.05. The van der Waals surface area contributed by atoms with E-state index in [0.29, 0.717) is 18.6 Å². The zero-order chi connectivity index (χ0) is 29.3. The van der Waals surface area contributed by atoms with Crippen molar-refractivity contribution in [2.45, 2.75) is 32.0 Å². The number of anilines is 2. The highest BCUT2D eigenvalue weighted by molar-refractivity contribution is 5.86. The van der Waals surface area contributed by atoms with E-state index in [9.17, 15) is 23.1 Å². The highest BCUT2D eigenvalue weighted by atomic mass is 19.4. The van der Waals surface area contributed by atoms with Crippen LogP contribution < -0.4 is 9.64 Å². The minimum absolute atomic E-state index is 0.394. The van der Waals surface area contributed by atoms with Gasteiger partial charge in [0.05, 0.1) is 6.10 Å². The summed E-state index contributed by atoms with van der Waals surface area (Å²) in [7, 11) is 2.00. The Bertz CT molecular complexity index is 1450. The van der Waals surface area contributed by atoms with Gasteiger partial charge in [-0.25, -0.2) is 4.79 Å². The van der Waals surface area contributed by atoms with Crippen molar-refractivity contribution >= 4 is 34.4 Å². The molecule has 0 aromatic heterocycles. The van der Waals surface area contributed by atoms with E-state index in [1.165, 1.54) is 0 Å². The molecule has 0 aliphatic heterocycles. The van der Waals surface area contributed by atoms with Crippen LogP contribution in [0.5, 0.6) is 5.75 Å². The largest absolute Gasteiger partial charge is 0.482 e. The van der Waals surface area contributed by atoms with Crippen LogP contribution in [0.3, 0.4) is 0 Å². The number of benzene rings is 4. The fourth-order valence-electron chi connectivity index (χ4n) is 4.31. The average molecular weight is 554 g/mol. The second-order valence-corrected chi connectivity index (χ2v) is 9.19. The predicted octanol–water partition coefficient (Wildman–Crippen LogP) is 6.33. The summed E-state index contributed by atoms with van der Waals surface area (Å²) >= 11 is 0. The van der Waals surface area contributed by atoms with Gasteiger partial charge in [0.15, 0.2) is 6.61 Å². The maximum Gasteiger partial charge on any atom is 0.446 e. The van der Waals surface area contributed by atoms with Gasteiger partial charge >= 0.3 is 12.1 Å². The van der Waals surface area contributed by atoms with Crippen molar-refractivity contribution in [1.82, 2.24) is 0 Å². The molecule has 0 fully saturated rings. The van der Waals surface area contributed by atoms with Crippen LogP contribution in [0.4, 0.5) is 24.5 Å². The monoisotopic (exact) mass is 553 g/mol. The normalized spacial score (nSPS) is 11.8. The molecule has 210 valence electrons. The first-order valence-corrected chi connectivity index (χ1v) is 12.5. The lowest BCUT2D eigenvalue weighted by molar-refractivity contribution is -0.156. The van der Waals surface area contributed by atoms with E-state index in [4.69, 9.17) is 14.6 Å². The van der Waals surface area contributed by atoms with Gasteiger partial charge in [0.1, 0.15) is 5.75 Å². The van der Waals surface area contributed by atoms with Crippen LogP contribution in [0.15, 0.2) is 84.9 Å². The van der Waals surface area contributed by atoms with Crippen LogP contribution in [0.1, 0.15) is 23.6 Å². The van der Waals surface area contributed by atoms with Gasteiger partial charge < -0.3 is 19.8 Å². The van der Waals surface area contributed by atoms with Crippen molar-refractivity contribution in [2.24, 2.45) is 0 Å². The molecular formula is C31H30F3NO5. The van der Waals surface area contributed by atoms with Gasteiger partial charge in [0, 0.05) is 36.8 Å². The molecule has 2 N–H and O–H groups in total. The lowest BCUT2D eigenvalue weighted by atomic mass is 9.97. The quantitative estimate of drug-likeness (QED) is 0.236. The summed E-state index contributed by atoms with van der Waals surface area (Å²) in [6.45, 7) is 1.39. The molecule has 0 radical (unpaired) electrons. The first kappa shape index (κ1) is 30.2. The maximum atomic E-state index is 11.1. The predicted molar refractivity (Wildman–Crippen MR) is 148 cm³/mol. The number of alkyl halides is 3. The molecule has 0 amide bonds. The fraction of sp³-hybridized carbons (Fsp3) is 0.226. The van der Waals surface area contributed by atoms with E-state index in [2.05, 4.69) is 35.2 Å². The number of aliphatic hydroxyl groups excluding tert-OH is 1. The number of carbonyl (C=O) groups excluding carboxylic acids is 1. The molecule has 1 atom stereocenters. The number of aliphatic carboxylic acids is 1. The second kappa shape index (κ2) is 13.6. The van der Waals surface area contributed by atoms with Crippen molar-refractivity contribution in [3.8, 4) is 5.75 Å². The van der Waals surface area contributed by atoms with Gasteiger partial charge in [-0.2, -0.15) is 13.2 Å². The SMILES string of the molecule is CC(O)Cc1ccccc1N(C)c1ccc(OCC(=O)O)c(Cc2cccc3ccccc23)c1.O=CC(F)(F)F. The summed E-state index contributed by atoms with van der Waals surface area (Å²) in [5.74, 6) is -0.450. The Morgan fingerprint density at radius 1 is 0.950 bits per heavy atom. The van der Waals surface area contributed by atoms with E-state index in [1.807, 2.05) is 61.6 Å². The zero-order valence-corrected chi connectivity index (χ0v) is 22.1. The summed E-state index contributed by atoms with van der Waals surface area (Å²) in [4.78, 5) is 21.9. The average Bonchev–Trinajstić information content (AvgIpc) is 2.92. The van der Waals surface area contributed by atoms with Crippen molar-refractivity contribution in [2.75, 3.05) is 18.6 Å². The molecular weight excluding hydrogens is 523 g/mol. The Balaban J connectivity index is 0.000000663. The molecule has 0 aliphatic rings. The number of carbonyl (C=O) groups is 2. The summed E-state index contributed by atoms with van der Waals surface area (Å²) in [5, 5.41) is 21.4. The van der Waals surface area contributed by atoms with Gasteiger partial charge in [0.25, 0.3) is 0 Å². The number of fused-ring (bicyclic) bond motifs is 1. The molecule has 1 unspecified atom stereocenters. The number of carboxylic acid groups (broad SMARTS) is 1. The Labute approximate surface area is 230 Å². The van der Waals surface area contributed by atoms with Gasteiger partial charge in [-0.3, -0.25) is 4.79 Å². The number of aliphatic hydroxyl groups is 1. The summed E-state index contributed by atoms with van der Waals surface area (Å²) in [6, 6.07) is 28.3. The lowest BCUT2D eigenvalue weighted by Gasteiger charge is -2.24. The third kappa shape index (κ3) is 8.57. The molecule has 0 bridgehead atoms. The van der Waals surface area contributed by atoms with E-state index in [0.717, 1.165) is 38.8 Å². The number of para-hydroxylation sites is 1. The first-order valence-electron chi connectivity index (χ1n) is 12.5. The standard InChI is InChI=1S/C29H29NO4.C2HF3O/c1-20(31)16-23-9-4-6-13-27(23)30(2)25-14-15-28(34-19-29(32)33)24(18-25)17-22-11-7-10-21-8-3-5-12-26(21)22;3-2(4,5)1-6/h3-15,18,20,31H,16-17,19H2,1-2H3,(H,32,33);1H.